The van der Waals surface area contributed by atoms with Crippen molar-refractivity contribution < 1.29 is 14.6 Å². The van der Waals surface area contributed by atoms with E-state index in [4.69, 9.17) is 5.11 Å². The summed E-state index contributed by atoms with van der Waals surface area (Å²) in [6.07, 6.45) is 0.766. The zero-order chi connectivity index (χ0) is 13.0. The number of carbonyl (C=O) groups is 1. The number of pyridine rings is 1. The normalized spacial score (nSPS) is 10.1. The highest BCUT2D eigenvalue weighted by Gasteiger charge is 2.10. The van der Waals surface area contributed by atoms with Gasteiger partial charge in [-0.1, -0.05) is 30.3 Å². The van der Waals surface area contributed by atoms with Crippen molar-refractivity contribution in [3.8, 4) is 5.88 Å². The number of benzene rings is 1. The van der Waals surface area contributed by atoms with Crippen LogP contribution in [0.15, 0.2) is 42.6 Å². The maximum absolute atomic E-state index is 10.6. The smallest absolute Gasteiger partial charge is 0.449 e. The number of nitrogens with zero attached hydrogens (tertiary/aromatic N) is 1. The van der Waals surface area contributed by atoms with Gasteiger partial charge in [0.1, 0.15) is 0 Å². The first kappa shape index (κ1) is 12.1. The van der Waals surface area contributed by atoms with E-state index in [9.17, 15) is 4.79 Å². The number of carboxylic acid groups (broad SMARTS) is 1. The number of ether oxygens (including phenoxy) is 1. The third-order valence-electron chi connectivity index (χ3n) is 2.68. The molecular weight excluding hydrogens is 230 g/mol. The van der Waals surface area contributed by atoms with Crippen LogP contribution in [-0.2, 0) is 6.42 Å². The largest absolute Gasteiger partial charge is 0.512 e. The summed E-state index contributed by atoms with van der Waals surface area (Å²) in [5, 5.41) is 8.65. The monoisotopic (exact) mass is 243 g/mol. The summed E-state index contributed by atoms with van der Waals surface area (Å²) in [5.74, 6) is 0.147. The van der Waals surface area contributed by atoms with Gasteiger partial charge in [-0.3, -0.25) is 0 Å². The van der Waals surface area contributed by atoms with E-state index in [1.54, 1.807) is 6.07 Å². The first-order chi connectivity index (χ1) is 8.66. The molecule has 1 heterocycles. The van der Waals surface area contributed by atoms with Crippen LogP contribution in [0.3, 0.4) is 0 Å². The molecule has 0 saturated heterocycles. The zero-order valence-corrected chi connectivity index (χ0v) is 9.96. The Hall–Kier alpha value is -2.36. The topological polar surface area (TPSA) is 59.4 Å². The van der Waals surface area contributed by atoms with E-state index in [-0.39, 0.29) is 5.88 Å². The summed E-state index contributed by atoms with van der Waals surface area (Å²) >= 11 is 0. The van der Waals surface area contributed by atoms with Gasteiger partial charge in [0.15, 0.2) is 0 Å². The van der Waals surface area contributed by atoms with E-state index in [0.717, 1.165) is 16.7 Å². The van der Waals surface area contributed by atoms with E-state index in [0.29, 0.717) is 6.42 Å². The molecule has 4 heteroatoms. The molecule has 0 bridgehead atoms. The van der Waals surface area contributed by atoms with Crippen LogP contribution >= 0.6 is 0 Å². The van der Waals surface area contributed by atoms with Crippen molar-refractivity contribution in [3.63, 3.8) is 0 Å². The maximum Gasteiger partial charge on any atom is 0.512 e. The molecule has 92 valence electrons. The van der Waals surface area contributed by atoms with Crippen LogP contribution in [0.25, 0.3) is 0 Å². The molecular formula is C14H13NO3. The predicted octanol–water partition coefficient (Wildman–Crippen LogP) is 3.04. The summed E-state index contributed by atoms with van der Waals surface area (Å²) in [5.41, 5.74) is 3.04. The lowest BCUT2D eigenvalue weighted by Gasteiger charge is -2.08. The molecule has 1 N–H and O–H groups in total. The lowest BCUT2D eigenvalue weighted by molar-refractivity contribution is 0.142. The fraction of sp³-hybridized carbons (Fsp3) is 0.143. The Kier molecular flexibility index (Phi) is 3.57. The van der Waals surface area contributed by atoms with Crippen LogP contribution in [0.5, 0.6) is 5.88 Å². The van der Waals surface area contributed by atoms with Gasteiger partial charge in [-0.05, 0) is 24.1 Å². The second-order valence-electron chi connectivity index (χ2n) is 3.94. The highest BCUT2D eigenvalue weighted by molar-refractivity contribution is 5.61. The zero-order valence-electron chi connectivity index (χ0n) is 9.96. The Morgan fingerprint density at radius 2 is 1.94 bits per heavy atom. The number of hydrogen-bond donors (Lipinski definition) is 1. The molecule has 1 aromatic heterocycles. The second-order valence-corrected chi connectivity index (χ2v) is 3.94. The van der Waals surface area contributed by atoms with Crippen LogP contribution in [0, 0.1) is 6.92 Å². The number of rotatable bonds is 3. The van der Waals surface area contributed by atoms with Gasteiger partial charge in [-0.25, -0.2) is 9.78 Å². The molecule has 0 aliphatic carbocycles. The minimum absolute atomic E-state index is 0.147. The van der Waals surface area contributed by atoms with Crippen molar-refractivity contribution in [2.45, 2.75) is 13.3 Å². The van der Waals surface area contributed by atoms with Gasteiger partial charge in [0.05, 0.1) is 0 Å². The number of aromatic nitrogens is 1. The van der Waals surface area contributed by atoms with Crippen LogP contribution in [0.2, 0.25) is 0 Å². The molecule has 0 unspecified atom stereocenters. The van der Waals surface area contributed by atoms with Crippen LogP contribution in [-0.4, -0.2) is 16.2 Å². The van der Waals surface area contributed by atoms with Gasteiger partial charge < -0.3 is 9.84 Å². The predicted molar refractivity (Wildman–Crippen MR) is 66.9 cm³/mol. The molecule has 0 aliphatic heterocycles. The second kappa shape index (κ2) is 5.31. The summed E-state index contributed by atoms with van der Waals surface area (Å²) in [4.78, 5) is 14.5. The molecule has 0 aliphatic rings. The van der Waals surface area contributed by atoms with Gasteiger partial charge in [-0.2, -0.15) is 0 Å². The molecule has 4 nitrogen and oxygen atoms in total. The lowest BCUT2D eigenvalue weighted by Crippen LogP contribution is -2.07. The van der Waals surface area contributed by atoms with Gasteiger partial charge in [0.2, 0.25) is 5.88 Å². The molecule has 0 radical (unpaired) electrons. The average molecular weight is 243 g/mol. The fourth-order valence-corrected chi connectivity index (χ4v) is 1.75. The van der Waals surface area contributed by atoms with Gasteiger partial charge in [0.25, 0.3) is 0 Å². The first-order valence-corrected chi connectivity index (χ1v) is 5.56. The summed E-state index contributed by atoms with van der Waals surface area (Å²) < 4.78 is 4.66. The molecule has 1 aromatic carbocycles. The Morgan fingerprint density at radius 1 is 1.22 bits per heavy atom. The molecule has 2 rings (SSSR count). The standard InChI is InChI=1S/C14H13NO3/c1-10-5-2-3-6-11(10)9-12-7-4-8-15-13(12)18-14(16)17/h2-8H,9H2,1H3,(H,16,17). The Bertz CT molecular complexity index is 566. The third-order valence-corrected chi connectivity index (χ3v) is 2.68. The highest BCUT2D eigenvalue weighted by atomic mass is 16.7. The van der Waals surface area contributed by atoms with Crippen molar-refractivity contribution in [3.05, 3.63) is 59.3 Å². The van der Waals surface area contributed by atoms with Crippen LogP contribution in [0.4, 0.5) is 4.79 Å². The molecule has 0 saturated carbocycles. The SMILES string of the molecule is Cc1ccccc1Cc1cccnc1OC(=O)O. The van der Waals surface area contributed by atoms with Crippen molar-refractivity contribution in [1.29, 1.82) is 0 Å². The summed E-state index contributed by atoms with van der Waals surface area (Å²) in [7, 11) is 0. The Morgan fingerprint density at radius 3 is 2.67 bits per heavy atom. The molecule has 18 heavy (non-hydrogen) atoms. The molecule has 0 spiro atoms. The highest BCUT2D eigenvalue weighted by Crippen LogP contribution is 2.20. The lowest BCUT2D eigenvalue weighted by atomic mass is 10.0. The quantitative estimate of drug-likeness (QED) is 0.842. The minimum Gasteiger partial charge on any atom is -0.449 e. The van der Waals surface area contributed by atoms with Crippen molar-refractivity contribution >= 4 is 6.16 Å². The molecule has 2 aromatic rings. The van der Waals surface area contributed by atoms with E-state index in [2.05, 4.69) is 9.72 Å². The average Bonchev–Trinajstić information content (AvgIpc) is 2.34. The molecule has 0 atom stereocenters. The third kappa shape index (κ3) is 2.85. The first-order valence-electron chi connectivity index (χ1n) is 5.56. The molecule has 0 fully saturated rings. The van der Waals surface area contributed by atoms with E-state index in [1.807, 2.05) is 37.3 Å². The Balaban J connectivity index is 2.29. The van der Waals surface area contributed by atoms with Gasteiger partial charge in [0, 0.05) is 18.2 Å². The summed E-state index contributed by atoms with van der Waals surface area (Å²) in [6, 6.07) is 11.5. The fourth-order valence-electron chi connectivity index (χ4n) is 1.75. The van der Waals surface area contributed by atoms with Gasteiger partial charge >= 0.3 is 6.16 Å². The minimum atomic E-state index is -1.35. The Labute approximate surface area is 105 Å². The number of hydrogen-bond acceptors (Lipinski definition) is 3. The van der Waals surface area contributed by atoms with Gasteiger partial charge in [-0.15, -0.1) is 0 Å². The van der Waals surface area contributed by atoms with Crippen molar-refractivity contribution in [1.82, 2.24) is 4.98 Å². The number of aryl methyl sites for hydroxylation is 1. The maximum atomic E-state index is 10.6. The van der Waals surface area contributed by atoms with Crippen LogP contribution < -0.4 is 4.74 Å². The van der Waals surface area contributed by atoms with E-state index >= 15 is 0 Å². The van der Waals surface area contributed by atoms with Crippen molar-refractivity contribution in [2.75, 3.05) is 0 Å². The summed E-state index contributed by atoms with van der Waals surface area (Å²) in [6.45, 7) is 2.02. The van der Waals surface area contributed by atoms with E-state index < -0.39 is 6.16 Å². The van der Waals surface area contributed by atoms with E-state index in [1.165, 1.54) is 6.20 Å². The van der Waals surface area contributed by atoms with Crippen molar-refractivity contribution in [2.24, 2.45) is 0 Å². The van der Waals surface area contributed by atoms with Crippen LogP contribution in [0.1, 0.15) is 16.7 Å². The molecule has 0 amide bonds.